The molecule has 210 valence electrons. The Bertz CT molecular complexity index is 1400. The monoisotopic (exact) mass is 547 g/mol. The number of hydrogen-bond acceptors (Lipinski definition) is 7. The molecule has 3 rings (SSSR count). The summed E-state index contributed by atoms with van der Waals surface area (Å²) in [5.41, 5.74) is 8.86. The van der Waals surface area contributed by atoms with Gasteiger partial charge in [-0.1, -0.05) is 30.8 Å². The van der Waals surface area contributed by atoms with E-state index in [0.29, 0.717) is 46.3 Å². The first-order chi connectivity index (χ1) is 19.2. The van der Waals surface area contributed by atoms with Crippen molar-refractivity contribution in [2.75, 3.05) is 38.8 Å². The minimum atomic E-state index is -1.06. The van der Waals surface area contributed by atoms with Gasteiger partial charge < -0.3 is 30.4 Å². The summed E-state index contributed by atoms with van der Waals surface area (Å²) in [7, 11) is 2.92. The number of aromatic carboxylic acids is 1. The number of benzene rings is 3. The van der Waals surface area contributed by atoms with Crippen LogP contribution in [0.4, 0.5) is 16.2 Å². The zero-order valence-corrected chi connectivity index (χ0v) is 22.7. The van der Waals surface area contributed by atoms with Gasteiger partial charge in [0, 0.05) is 25.1 Å². The number of ether oxygens (including phenoxy) is 3. The van der Waals surface area contributed by atoms with Crippen LogP contribution >= 0.6 is 0 Å². The van der Waals surface area contributed by atoms with Gasteiger partial charge in [0.1, 0.15) is 12.4 Å². The molecule has 0 saturated heterocycles. The summed E-state index contributed by atoms with van der Waals surface area (Å²) >= 11 is 0. The second-order valence-electron chi connectivity index (χ2n) is 8.87. The molecule has 10 nitrogen and oxygen atoms in total. The number of carboxylic acids is 1. The van der Waals surface area contributed by atoms with E-state index >= 15 is 0 Å². The molecule has 0 aliphatic heterocycles. The molecule has 0 atom stereocenters. The summed E-state index contributed by atoms with van der Waals surface area (Å²) < 4.78 is 16.4. The molecule has 0 spiro atoms. The van der Waals surface area contributed by atoms with Gasteiger partial charge in [-0.15, -0.1) is 0 Å². The van der Waals surface area contributed by atoms with Crippen LogP contribution in [-0.2, 0) is 11.2 Å². The Morgan fingerprint density at radius 1 is 0.950 bits per heavy atom. The van der Waals surface area contributed by atoms with Crippen molar-refractivity contribution in [3.8, 4) is 17.2 Å². The van der Waals surface area contributed by atoms with Gasteiger partial charge in [-0.25, -0.2) is 9.59 Å². The molecule has 10 heteroatoms. The van der Waals surface area contributed by atoms with Crippen LogP contribution in [0.15, 0.2) is 72.8 Å². The highest BCUT2D eigenvalue weighted by Gasteiger charge is 2.21. The topological polar surface area (TPSA) is 140 Å². The minimum Gasteiger partial charge on any atom is -0.495 e. The molecule has 0 unspecified atom stereocenters. The van der Waals surface area contributed by atoms with Crippen LogP contribution < -0.4 is 30.2 Å². The number of carbonyl (C=O) groups is 3. The van der Waals surface area contributed by atoms with E-state index in [9.17, 15) is 14.4 Å². The molecule has 0 aromatic heterocycles. The normalized spacial score (nSPS) is 10.5. The maximum atomic E-state index is 12.8. The van der Waals surface area contributed by atoms with E-state index < -0.39 is 12.0 Å². The Balaban J connectivity index is 1.56. The number of Topliss-reactive ketones (excluding diaryl/α,β-unsaturated/α-hetero) is 1. The predicted molar refractivity (Wildman–Crippen MR) is 152 cm³/mol. The molecule has 0 aliphatic rings. The fourth-order valence-electron chi connectivity index (χ4n) is 4.00. The van der Waals surface area contributed by atoms with Gasteiger partial charge in [-0.3, -0.25) is 9.69 Å². The summed E-state index contributed by atoms with van der Waals surface area (Å²) in [6.45, 7) is 6.71. The summed E-state index contributed by atoms with van der Waals surface area (Å²) in [6.07, 6.45) is 0.0989. The van der Waals surface area contributed by atoms with Gasteiger partial charge >= 0.3 is 12.0 Å². The lowest BCUT2D eigenvalue weighted by molar-refractivity contribution is -0.115. The lowest BCUT2D eigenvalue weighted by Gasteiger charge is -2.24. The molecule has 0 saturated carbocycles. The summed E-state index contributed by atoms with van der Waals surface area (Å²) in [6, 6.07) is 16.2. The quantitative estimate of drug-likeness (QED) is 0.201. The van der Waals surface area contributed by atoms with Crippen molar-refractivity contribution < 1.29 is 33.7 Å². The number of nitrogens with zero attached hydrogens (tertiary/aromatic N) is 1. The molecule has 0 fully saturated rings. The highest BCUT2D eigenvalue weighted by atomic mass is 16.5. The molecule has 0 heterocycles. The van der Waals surface area contributed by atoms with Crippen molar-refractivity contribution in [1.29, 1.82) is 0 Å². The number of rotatable bonds is 14. The van der Waals surface area contributed by atoms with Gasteiger partial charge in [-0.2, -0.15) is 0 Å². The highest BCUT2D eigenvalue weighted by molar-refractivity contribution is 6.01. The van der Waals surface area contributed by atoms with Crippen LogP contribution in [0.2, 0.25) is 0 Å². The number of para-hydroxylation sites is 1. The van der Waals surface area contributed by atoms with Crippen molar-refractivity contribution in [1.82, 2.24) is 5.32 Å². The minimum absolute atomic E-state index is 0.0980. The third kappa shape index (κ3) is 7.39. The molecule has 3 aromatic carbocycles. The number of hydrogen-bond donors (Lipinski definition) is 3. The Morgan fingerprint density at radius 2 is 1.68 bits per heavy atom. The molecular weight excluding hydrogens is 514 g/mol. The molecule has 0 bridgehead atoms. The summed E-state index contributed by atoms with van der Waals surface area (Å²) in [5.74, 6) is -0.0726. The predicted octanol–water partition coefficient (Wildman–Crippen LogP) is 4.26. The lowest BCUT2D eigenvalue weighted by Crippen LogP contribution is -2.32. The standard InChI is InChI=1S/C30H33N3O7/c1-19-7-5-6-8-23(19)33(30(31)37)24-11-9-21(16-27(24)38-3)15-25(34)20(2)18-32-13-14-40-26-12-10-22(29(35)36)17-28(26)39-4/h5-12,16-17,32H,2,13-15,18H2,1,3-4H3,(H2,31,37)(H,35,36). The number of nitrogens with one attached hydrogen (secondary N) is 1. The highest BCUT2D eigenvalue weighted by Crippen LogP contribution is 2.36. The van der Waals surface area contributed by atoms with Crippen LogP contribution in [0.1, 0.15) is 21.5 Å². The van der Waals surface area contributed by atoms with Gasteiger partial charge in [0.25, 0.3) is 0 Å². The molecule has 0 radical (unpaired) electrons. The number of carbonyl (C=O) groups excluding carboxylic acids is 2. The molecular formula is C30H33N3O7. The molecule has 0 aliphatic carbocycles. The van der Waals surface area contributed by atoms with E-state index in [1.165, 1.54) is 37.3 Å². The average Bonchev–Trinajstić information content (AvgIpc) is 2.94. The van der Waals surface area contributed by atoms with Gasteiger partial charge in [0.05, 0.1) is 31.2 Å². The fourth-order valence-corrected chi connectivity index (χ4v) is 4.00. The number of carboxylic acid groups (broad SMARTS) is 1. The second-order valence-corrected chi connectivity index (χ2v) is 8.87. The summed E-state index contributed by atoms with van der Waals surface area (Å²) in [4.78, 5) is 37.6. The van der Waals surface area contributed by atoms with E-state index in [1.807, 2.05) is 25.1 Å². The number of anilines is 2. The Morgan fingerprint density at radius 3 is 2.33 bits per heavy atom. The summed E-state index contributed by atoms with van der Waals surface area (Å²) in [5, 5.41) is 12.2. The van der Waals surface area contributed by atoms with E-state index in [4.69, 9.17) is 25.1 Å². The first kappa shape index (κ1) is 29.7. The van der Waals surface area contributed by atoms with Crippen molar-refractivity contribution in [2.45, 2.75) is 13.3 Å². The van der Waals surface area contributed by atoms with Gasteiger partial charge in [0.15, 0.2) is 17.3 Å². The fraction of sp³-hybridized carbons (Fsp3) is 0.233. The number of urea groups is 1. The molecule has 4 N–H and O–H groups in total. The van der Waals surface area contributed by atoms with Gasteiger partial charge in [-0.05, 0) is 54.4 Å². The Labute approximate surface area is 233 Å². The maximum absolute atomic E-state index is 12.8. The number of ketones is 1. The third-order valence-corrected chi connectivity index (χ3v) is 6.11. The van der Waals surface area contributed by atoms with E-state index in [1.54, 1.807) is 24.3 Å². The SMILES string of the molecule is C=C(CNCCOc1ccc(C(=O)O)cc1OC)C(=O)Cc1ccc(N(C(N)=O)c2ccccc2C)c(OC)c1. The molecule has 40 heavy (non-hydrogen) atoms. The number of primary amides is 1. The molecule has 2 amide bonds. The van der Waals surface area contributed by atoms with Crippen LogP contribution in [0.5, 0.6) is 17.2 Å². The molecule has 3 aromatic rings. The van der Waals surface area contributed by atoms with E-state index in [2.05, 4.69) is 11.9 Å². The zero-order valence-electron chi connectivity index (χ0n) is 22.7. The van der Waals surface area contributed by atoms with Crippen LogP contribution in [0.25, 0.3) is 0 Å². The maximum Gasteiger partial charge on any atom is 0.335 e. The number of amides is 2. The largest absolute Gasteiger partial charge is 0.495 e. The average molecular weight is 548 g/mol. The van der Waals surface area contributed by atoms with Gasteiger partial charge in [0.2, 0.25) is 0 Å². The third-order valence-electron chi connectivity index (χ3n) is 6.11. The first-order valence-electron chi connectivity index (χ1n) is 12.4. The lowest BCUT2D eigenvalue weighted by atomic mass is 10.0. The second kappa shape index (κ2) is 13.8. The van der Waals surface area contributed by atoms with Crippen molar-refractivity contribution in [2.24, 2.45) is 5.73 Å². The van der Waals surface area contributed by atoms with Crippen molar-refractivity contribution in [3.05, 3.63) is 89.5 Å². The zero-order chi connectivity index (χ0) is 29.2. The first-order valence-corrected chi connectivity index (χ1v) is 12.4. The van der Waals surface area contributed by atoms with E-state index in [-0.39, 0.29) is 30.9 Å². The van der Waals surface area contributed by atoms with Crippen LogP contribution in [0.3, 0.4) is 0 Å². The Hall–Kier alpha value is -4.83. The number of aryl methyl sites for hydroxylation is 1. The Kier molecular flexibility index (Phi) is 10.3. The number of methoxy groups -OCH3 is 2. The smallest absolute Gasteiger partial charge is 0.335 e. The van der Waals surface area contributed by atoms with Crippen molar-refractivity contribution >= 4 is 29.2 Å². The number of nitrogens with two attached hydrogens (primary N) is 1. The van der Waals surface area contributed by atoms with Crippen molar-refractivity contribution in [3.63, 3.8) is 0 Å². The van der Waals surface area contributed by atoms with E-state index in [0.717, 1.165) is 5.56 Å². The van der Waals surface area contributed by atoms with Crippen LogP contribution in [0, 0.1) is 6.92 Å². The van der Waals surface area contributed by atoms with Crippen LogP contribution in [-0.4, -0.2) is 56.8 Å².